The number of hydrogen-bond donors (Lipinski definition) is 2. The maximum atomic E-state index is 13.2. The fourth-order valence-corrected chi connectivity index (χ4v) is 1.15. The van der Waals surface area contributed by atoms with Gasteiger partial charge in [-0.3, -0.25) is 4.79 Å². The van der Waals surface area contributed by atoms with Gasteiger partial charge < -0.3 is 10.6 Å². The number of amides is 1. The van der Waals surface area contributed by atoms with E-state index in [0.717, 1.165) is 5.57 Å². The fourth-order valence-electron chi connectivity index (χ4n) is 1.15. The third-order valence-electron chi connectivity index (χ3n) is 1.86. The minimum Gasteiger partial charge on any atom is -0.322 e. The first-order chi connectivity index (χ1) is 7.59. The molecule has 0 spiro atoms. The van der Waals surface area contributed by atoms with E-state index in [-0.39, 0.29) is 18.1 Å². The van der Waals surface area contributed by atoms with Gasteiger partial charge in [-0.1, -0.05) is 24.3 Å². The first-order valence-electron chi connectivity index (χ1n) is 4.99. The molecule has 0 fully saturated rings. The number of carbonyl (C=O) groups excluding carboxylic acids is 1. The Balaban J connectivity index is 2.40. The molecule has 16 heavy (non-hydrogen) atoms. The van der Waals surface area contributed by atoms with Gasteiger partial charge in [-0.05, 0) is 19.1 Å². The summed E-state index contributed by atoms with van der Waals surface area (Å²) in [5.74, 6) is -0.706. The molecular formula is C12H15FN2O. The average Bonchev–Trinajstić information content (AvgIpc) is 2.21. The number of anilines is 1. The van der Waals surface area contributed by atoms with Crippen molar-refractivity contribution in [1.29, 1.82) is 0 Å². The van der Waals surface area contributed by atoms with E-state index in [1.165, 1.54) is 12.1 Å². The topological polar surface area (TPSA) is 41.1 Å². The van der Waals surface area contributed by atoms with Crippen LogP contribution in [0, 0.1) is 5.82 Å². The second kappa shape index (κ2) is 6.02. The molecule has 0 heterocycles. The van der Waals surface area contributed by atoms with E-state index >= 15 is 0 Å². The molecule has 1 rings (SSSR count). The zero-order chi connectivity index (χ0) is 12.0. The standard InChI is InChI=1S/C12H15FN2O/c1-9(2)7-14-8-12(16)15-11-6-4-3-5-10(11)13/h3-6,14H,1,7-8H2,2H3,(H,15,16). The van der Waals surface area contributed by atoms with Crippen LogP contribution in [-0.2, 0) is 4.79 Å². The number of halogens is 1. The van der Waals surface area contributed by atoms with Crippen LogP contribution in [0.4, 0.5) is 10.1 Å². The number of carbonyl (C=O) groups is 1. The third kappa shape index (κ3) is 4.23. The largest absolute Gasteiger partial charge is 0.322 e. The molecule has 2 N–H and O–H groups in total. The van der Waals surface area contributed by atoms with Crippen molar-refractivity contribution in [3.8, 4) is 0 Å². The van der Waals surface area contributed by atoms with Gasteiger partial charge >= 0.3 is 0 Å². The predicted molar refractivity (Wildman–Crippen MR) is 62.7 cm³/mol. The van der Waals surface area contributed by atoms with E-state index in [4.69, 9.17) is 0 Å². The molecule has 0 aliphatic heterocycles. The Bertz CT molecular complexity index is 390. The summed E-state index contributed by atoms with van der Waals surface area (Å²) < 4.78 is 13.2. The van der Waals surface area contributed by atoms with E-state index < -0.39 is 5.82 Å². The molecule has 0 bridgehead atoms. The minimum atomic E-state index is -0.434. The van der Waals surface area contributed by atoms with Crippen LogP contribution >= 0.6 is 0 Å². The normalized spacial score (nSPS) is 9.88. The lowest BCUT2D eigenvalue weighted by Gasteiger charge is -2.07. The number of hydrogen-bond acceptors (Lipinski definition) is 2. The number of para-hydroxylation sites is 1. The molecule has 1 aromatic rings. The number of rotatable bonds is 5. The lowest BCUT2D eigenvalue weighted by Crippen LogP contribution is -2.29. The number of benzene rings is 1. The molecule has 0 unspecified atom stereocenters. The lowest BCUT2D eigenvalue weighted by atomic mass is 10.3. The summed E-state index contributed by atoms with van der Waals surface area (Å²) in [6, 6.07) is 6.06. The molecule has 0 aliphatic carbocycles. The van der Waals surface area contributed by atoms with Gasteiger partial charge in [0, 0.05) is 6.54 Å². The Kier molecular flexibility index (Phi) is 4.66. The molecule has 0 aromatic heterocycles. The Morgan fingerprint density at radius 2 is 2.06 bits per heavy atom. The van der Waals surface area contributed by atoms with Gasteiger partial charge in [0.1, 0.15) is 5.82 Å². The highest BCUT2D eigenvalue weighted by molar-refractivity contribution is 5.92. The third-order valence-corrected chi connectivity index (χ3v) is 1.86. The van der Waals surface area contributed by atoms with Crippen molar-refractivity contribution < 1.29 is 9.18 Å². The smallest absolute Gasteiger partial charge is 0.238 e. The molecule has 0 saturated carbocycles. The Labute approximate surface area is 94.4 Å². The van der Waals surface area contributed by atoms with Gasteiger partial charge in [-0.15, -0.1) is 0 Å². The zero-order valence-corrected chi connectivity index (χ0v) is 9.22. The average molecular weight is 222 g/mol. The minimum absolute atomic E-state index is 0.140. The van der Waals surface area contributed by atoms with Crippen LogP contribution in [0.2, 0.25) is 0 Å². The van der Waals surface area contributed by atoms with Crippen LogP contribution < -0.4 is 10.6 Å². The molecular weight excluding hydrogens is 207 g/mol. The van der Waals surface area contributed by atoms with Gasteiger partial charge in [0.15, 0.2) is 0 Å². The summed E-state index contributed by atoms with van der Waals surface area (Å²) >= 11 is 0. The SMILES string of the molecule is C=C(C)CNCC(=O)Nc1ccccc1F. The molecule has 0 aliphatic rings. The Morgan fingerprint density at radius 3 is 2.69 bits per heavy atom. The summed E-state index contributed by atoms with van der Waals surface area (Å²) in [5.41, 5.74) is 1.14. The van der Waals surface area contributed by atoms with Crippen molar-refractivity contribution in [3.63, 3.8) is 0 Å². The lowest BCUT2D eigenvalue weighted by molar-refractivity contribution is -0.115. The highest BCUT2D eigenvalue weighted by Crippen LogP contribution is 2.11. The van der Waals surface area contributed by atoms with Crippen molar-refractivity contribution >= 4 is 11.6 Å². The second-order valence-electron chi connectivity index (χ2n) is 3.59. The summed E-state index contributed by atoms with van der Waals surface area (Å²) in [6.45, 7) is 6.27. The van der Waals surface area contributed by atoms with Crippen molar-refractivity contribution in [2.24, 2.45) is 0 Å². The van der Waals surface area contributed by atoms with Crippen LogP contribution in [0.3, 0.4) is 0 Å². The molecule has 0 radical (unpaired) electrons. The Morgan fingerprint density at radius 1 is 1.38 bits per heavy atom. The zero-order valence-electron chi connectivity index (χ0n) is 9.22. The summed E-state index contributed by atoms with van der Waals surface area (Å²) in [6.07, 6.45) is 0. The highest BCUT2D eigenvalue weighted by Gasteiger charge is 2.05. The van der Waals surface area contributed by atoms with Crippen molar-refractivity contribution in [2.45, 2.75) is 6.92 Å². The van der Waals surface area contributed by atoms with Crippen LogP contribution in [0.5, 0.6) is 0 Å². The molecule has 0 atom stereocenters. The summed E-state index contributed by atoms with van der Waals surface area (Å²) in [7, 11) is 0. The van der Waals surface area contributed by atoms with E-state index in [2.05, 4.69) is 17.2 Å². The van der Waals surface area contributed by atoms with Crippen molar-refractivity contribution in [1.82, 2.24) is 5.32 Å². The van der Waals surface area contributed by atoms with E-state index in [1.807, 2.05) is 6.92 Å². The molecule has 86 valence electrons. The molecule has 1 aromatic carbocycles. The fraction of sp³-hybridized carbons (Fsp3) is 0.250. The quantitative estimate of drug-likeness (QED) is 0.747. The van der Waals surface area contributed by atoms with Crippen molar-refractivity contribution in [3.05, 3.63) is 42.2 Å². The second-order valence-corrected chi connectivity index (χ2v) is 3.59. The van der Waals surface area contributed by atoms with E-state index in [1.54, 1.807) is 12.1 Å². The van der Waals surface area contributed by atoms with Gasteiger partial charge in [0.25, 0.3) is 0 Å². The van der Waals surface area contributed by atoms with E-state index in [9.17, 15) is 9.18 Å². The number of nitrogens with one attached hydrogen (secondary N) is 2. The summed E-state index contributed by atoms with van der Waals surface area (Å²) in [4.78, 5) is 11.4. The first-order valence-corrected chi connectivity index (χ1v) is 4.99. The molecule has 1 amide bonds. The van der Waals surface area contributed by atoms with Crippen LogP contribution in [0.25, 0.3) is 0 Å². The maximum absolute atomic E-state index is 13.2. The molecule has 4 heteroatoms. The van der Waals surface area contributed by atoms with Crippen LogP contribution in [-0.4, -0.2) is 19.0 Å². The Hall–Kier alpha value is -1.68. The monoisotopic (exact) mass is 222 g/mol. The first kappa shape index (κ1) is 12.4. The molecule has 0 saturated heterocycles. The predicted octanol–water partition coefficient (Wildman–Crippen LogP) is 1.93. The van der Waals surface area contributed by atoms with Gasteiger partial charge in [-0.25, -0.2) is 4.39 Å². The van der Waals surface area contributed by atoms with Gasteiger partial charge in [-0.2, -0.15) is 0 Å². The maximum Gasteiger partial charge on any atom is 0.238 e. The summed E-state index contributed by atoms with van der Waals surface area (Å²) in [5, 5.41) is 5.37. The van der Waals surface area contributed by atoms with Gasteiger partial charge in [0.05, 0.1) is 12.2 Å². The van der Waals surface area contributed by atoms with Crippen molar-refractivity contribution in [2.75, 3.05) is 18.4 Å². The van der Waals surface area contributed by atoms with Gasteiger partial charge in [0.2, 0.25) is 5.91 Å². The molecule has 3 nitrogen and oxygen atoms in total. The van der Waals surface area contributed by atoms with E-state index in [0.29, 0.717) is 6.54 Å². The van der Waals surface area contributed by atoms with Crippen LogP contribution in [0.15, 0.2) is 36.4 Å². The highest BCUT2D eigenvalue weighted by atomic mass is 19.1. The van der Waals surface area contributed by atoms with Crippen LogP contribution in [0.1, 0.15) is 6.92 Å².